The van der Waals surface area contributed by atoms with Crippen molar-refractivity contribution in [1.29, 1.82) is 0 Å². The van der Waals surface area contributed by atoms with E-state index in [4.69, 9.17) is 15.2 Å². The smallest absolute Gasteiger partial charge is 0.241 e. The van der Waals surface area contributed by atoms with Crippen LogP contribution in [0.5, 0.6) is 11.5 Å². The van der Waals surface area contributed by atoms with Crippen molar-refractivity contribution < 1.29 is 14.3 Å². The van der Waals surface area contributed by atoms with Crippen LogP contribution in [-0.2, 0) is 4.79 Å². The van der Waals surface area contributed by atoms with Crippen LogP contribution in [0.15, 0.2) is 18.2 Å². The lowest BCUT2D eigenvalue weighted by molar-refractivity contribution is -0.117. The topological polar surface area (TPSA) is 73.6 Å². The molecular formula is C12H18N2O3. The van der Waals surface area contributed by atoms with E-state index in [1.54, 1.807) is 25.3 Å². The molecule has 0 bridgehead atoms. The Kier molecular flexibility index (Phi) is 4.78. The number of anilines is 1. The second-order valence-corrected chi connectivity index (χ2v) is 3.57. The van der Waals surface area contributed by atoms with Crippen LogP contribution in [-0.4, -0.2) is 26.2 Å². The molecule has 5 nitrogen and oxygen atoms in total. The first-order chi connectivity index (χ1) is 8.12. The number of rotatable bonds is 5. The first-order valence-electron chi connectivity index (χ1n) is 5.40. The second-order valence-electron chi connectivity index (χ2n) is 3.57. The molecule has 0 aliphatic rings. The number of methoxy groups -OCH3 is 2. The molecule has 0 unspecified atom stereocenters. The number of benzene rings is 1. The van der Waals surface area contributed by atoms with Crippen LogP contribution in [0, 0.1) is 0 Å². The lowest BCUT2D eigenvalue weighted by atomic mass is 10.2. The molecule has 94 valence electrons. The minimum atomic E-state index is -0.512. The first kappa shape index (κ1) is 13.3. The quantitative estimate of drug-likeness (QED) is 0.812. The summed E-state index contributed by atoms with van der Waals surface area (Å²) in [5.41, 5.74) is 6.22. The van der Waals surface area contributed by atoms with Crippen molar-refractivity contribution in [2.75, 3.05) is 19.5 Å². The summed E-state index contributed by atoms with van der Waals surface area (Å²) in [4.78, 5) is 11.6. The van der Waals surface area contributed by atoms with Crippen LogP contribution in [0.25, 0.3) is 0 Å². The Morgan fingerprint density at radius 1 is 1.41 bits per heavy atom. The maximum atomic E-state index is 11.6. The number of ether oxygens (including phenoxy) is 2. The van der Waals surface area contributed by atoms with E-state index in [1.165, 1.54) is 7.11 Å². The van der Waals surface area contributed by atoms with Gasteiger partial charge in [0.15, 0.2) is 0 Å². The summed E-state index contributed by atoms with van der Waals surface area (Å²) in [6.45, 7) is 1.86. The largest absolute Gasteiger partial charge is 0.497 e. The molecule has 0 radical (unpaired) electrons. The Morgan fingerprint density at radius 2 is 2.12 bits per heavy atom. The zero-order chi connectivity index (χ0) is 12.8. The minimum Gasteiger partial charge on any atom is -0.497 e. The normalized spacial score (nSPS) is 11.8. The van der Waals surface area contributed by atoms with Crippen molar-refractivity contribution in [1.82, 2.24) is 0 Å². The van der Waals surface area contributed by atoms with Gasteiger partial charge in [-0.3, -0.25) is 4.79 Å². The number of hydrogen-bond donors (Lipinski definition) is 2. The zero-order valence-electron chi connectivity index (χ0n) is 10.3. The maximum absolute atomic E-state index is 11.6. The molecule has 17 heavy (non-hydrogen) atoms. The van der Waals surface area contributed by atoms with Crippen molar-refractivity contribution in [3.05, 3.63) is 18.2 Å². The van der Waals surface area contributed by atoms with Crippen LogP contribution in [0.1, 0.15) is 13.3 Å². The summed E-state index contributed by atoms with van der Waals surface area (Å²) in [5, 5.41) is 2.72. The third kappa shape index (κ3) is 3.35. The monoisotopic (exact) mass is 238 g/mol. The number of hydrogen-bond acceptors (Lipinski definition) is 4. The van der Waals surface area contributed by atoms with E-state index in [-0.39, 0.29) is 5.91 Å². The van der Waals surface area contributed by atoms with E-state index in [0.717, 1.165) is 0 Å². The van der Waals surface area contributed by atoms with Crippen LogP contribution in [0.2, 0.25) is 0 Å². The first-order valence-corrected chi connectivity index (χ1v) is 5.40. The average molecular weight is 238 g/mol. The van der Waals surface area contributed by atoms with Crippen LogP contribution >= 0.6 is 0 Å². The van der Waals surface area contributed by atoms with Crippen molar-refractivity contribution in [2.45, 2.75) is 19.4 Å². The molecule has 0 aromatic heterocycles. The fourth-order valence-corrected chi connectivity index (χ4v) is 1.31. The molecule has 0 spiro atoms. The molecular weight excluding hydrogens is 220 g/mol. The Labute approximate surface area is 101 Å². The van der Waals surface area contributed by atoms with E-state index < -0.39 is 6.04 Å². The molecule has 1 rings (SSSR count). The summed E-state index contributed by atoms with van der Waals surface area (Å²) in [6.07, 6.45) is 0.588. The van der Waals surface area contributed by atoms with E-state index in [9.17, 15) is 4.79 Å². The van der Waals surface area contributed by atoms with Crippen LogP contribution in [0.4, 0.5) is 5.69 Å². The predicted octanol–water partition coefficient (Wildman–Crippen LogP) is 1.38. The average Bonchev–Trinajstić information content (AvgIpc) is 2.37. The van der Waals surface area contributed by atoms with Crippen molar-refractivity contribution in [2.24, 2.45) is 5.73 Å². The van der Waals surface area contributed by atoms with E-state index in [2.05, 4.69) is 5.32 Å². The van der Waals surface area contributed by atoms with Crippen LogP contribution in [0.3, 0.4) is 0 Å². The minimum absolute atomic E-state index is 0.226. The standard InChI is InChI=1S/C12H18N2O3/c1-4-9(13)12(15)14-10-6-5-8(16-2)7-11(10)17-3/h5-7,9H,4,13H2,1-3H3,(H,14,15)/t9-/m0/s1. The molecule has 1 aromatic carbocycles. The molecule has 0 aliphatic carbocycles. The van der Waals surface area contributed by atoms with Gasteiger partial charge in [-0.1, -0.05) is 6.92 Å². The second kappa shape index (κ2) is 6.10. The highest BCUT2D eigenvalue weighted by molar-refractivity contribution is 5.96. The van der Waals surface area contributed by atoms with Gasteiger partial charge < -0.3 is 20.5 Å². The molecule has 3 N–H and O–H groups in total. The molecule has 0 saturated carbocycles. The lowest BCUT2D eigenvalue weighted by Gasteiger charge is -2.13. The van der Waals surface area contributed by atoms with E-state index >= 15 is 0 Å². The maximum Gasteiger partial charge on any atom is 0.241 e. The van der Waals surface area contributed by atoms with Gasteiger partial charge in [-0.2, -0.15) is 0 Å². The Bertz CT molecular complexity index is 393. The fourth-order valence-electron chi connectivity index (χ4n) is 1.31. The third-order valence-electron chi connectivity index (χ3n) is 2.44. The van der Waals surface area contributed by atoms with Gasteiger partial charge in [-0.05, 0) is 18.6 Å². The molecule has 0 heterocycles. The van der Waals surface area contributed by atoms with Gasteiger partial charge in [0.1, 0.15) is 11.5 Å². The highest BCUT2D eigenvalue weighted by atomic mass is 16.5. The highest BCUT2D eigenvalue weighted by Gasteiger charge is 2.13. The lowest BCUT2D eigenvalue weighted by Crippen LogP contribution is -2.34. The van der Waals surface area contributed by atoms with Crippen molar-refractivity contribution >= 4 is 11.6 Å². The fraction of sp³-hybridized carbons (Fsp3) is 0.417. The Balaban J connectivity index is 2.87. The van der Waals surface area contributed by atoms with Gasteiger partial charge in [0, 0.05) is 6.07 Å². The molecule has 1 atom stereocenters. The molecule has 0 saturated heterocycles. The molecule has 5 heteroatoms. The summed E-state index contributed by atoms with van der Waals surface area (Å²) < 4.78 is 10.2. The Morgan fingerprint density at radius 3 is 2.65 bits per heavy atom. The van der Waals surface area contributed by atoms with Gasteiger partial charge in [0.2, 0.25) is 5.91 Å². The predicted molar refractivity (Wildman–Crippen MR) is 66.4 cm³/mol. The number of carbonyl (C=O) groups is 1. The summed E-state index contributed by atoms with van der Waals surface area (Å²) in [5.74, 6) is 0.983. The van der Waals surface area contributed by atoms with Gasteiger partial charge in [0.05, 0.1) is 25.9 Å². The number of carbonyl (C=O) groups excluding carboxylic acids is 1. The summed E-state index contributed by atoms with van der Waals surface area (Å²) >= 11 is 0. The highest BCUT2D eigenvalue weighted by Crippen LogP contribution is 2.28. The SMILES string of the molecule is CC[C@H](N)C(=O)Nc1ccc(OC)cc1OC. The van der Waals surface area contributed by atoms with E-state index in [1.807, 2.05) is 6.92 Å². The number of nitrogens with one attached hydrogen (secondary N) is 1. The van der Waals surface area contributed by atoms with Crippen molar-refractivity contribution in [3.8, 4) is 11.5 Å². The van der Waals surface area contributed by atoms with Gasteiger partial charge in [-0.25, -0.2) is 0 Å². The zero-order valence-corrected chi connectivity index (χ0v) is 10.3. The van der Waals surface area contributed by atoms with Gasteiger partial charge in [-0.15, -0.1) is 0 Å². The van der Waals surface area contributed by atoms with Crippen molar-refractivity contribution in [3.63, 3.8) is 0 Å². The molecule has 1 amide bonds. The van der Waals surface area contributed by atoms with Gasteiger partial charge in [0.25, 0.3) is 0 Å². The molecule has 1 aromatic rings. The molecule has 0 fully saturated rings. The molecule has 0 aliphatic heterocycles. The summed E-state index contributed by atoms with van der Waals surface area (Å²) in [7, 11) is 3.10. The number of amides is 1. The van der Waals surface area contributed by atoms with E-state index in [0.29, 0.717) is 23.6 Å². The van der Waals surface area contributed by atoms with Gasteiger partial charge >= 0.3 is 0 Å². The van der Waals surface area contributed by atoms with Crippen LogP contribution < -0.4 is 20.5 Å². The third-order valence-corrected chi connectivity index (χ3v) is 2.44. The number of nitrogens with two attached hydrogens (primary N) is 1. The summed E-state index contributed by atoms with van der Waals surface area (Å²) in [6, 6.07) is 4.66. The Hall–Kier alpha value is -1.75.